The summed E-state index contributed by atoms with van der Waals surface area (Å²) < 4.78 is 5.61. The summed E-state index contributed by atoms with van der Waals surface area (Å²) >= 11 is 0. The van der Waals surface area contributed by atoms with Crippen LogP contribution in [0.3, 0.4) is 0 Å². The van der Waals surface area contributed by atoms with Crippen LogP contribution in [-0.4, -0.2) is 50.1 Å². The van der Waals surface area contributed by atoms with Crippen molar-refractivity contribution < 1.29 is 4.42 Å². The van der Waals surface area contributed by atoms with Crippen LogP contribution in [0.1, 0.15) is 25.2 Å². The van der Waals surface area contributed by atoms with E-state index in [0.29, 0.717) is 6.04 Å². The summed E-state index contributed by atoms with van der Waals surface area (Å²) in [5.41, 5.74) is 1.26. The Kier molecular flexibility index (Phi) is 6.39. The second-order valence-electron chi connectivity index (χ2n) is 5.07. The molecule has 4 heteroatoms. The Labute approximate surface area is 111 Å². The first kappa shape index (κ1) is 15.2. The van der Waals surface area contributed by atoms with Crippen molar-refractivity contribution in [3.05, 3.63) is 23.7 Å². The van der Waals surface area contributed by atoms with E-state index in [-0.39, 0.29) is 0 Å². The van der Waals surface area contributed by atoms with Gasteiger partial charge in [-0.2, -0.15) is 0 Å². The molecule has 0 aliphatic rings. The van der Waals surface area contributed by atoms with Crippen molar-refractivity contribution in [3.8, 4) is 0 Å². The molecule has 4 nitrogen and oxygen atoms in total. The van der Waals surface area contributed by atoms with Crippen molar-refractivity contribution in [2.75, 3.05) is 34.2 Å². The van der Waals surface area contributed by atoms with E-state index in [4.69, 9.17) is 4.42 Å². The van der Waals surface area contributed by atoms with E-state index in [9.17, 15) is 0 Å². The van der Waals surface area contributed by atoms with Crippen molar-refractivity contribution in [1.82, 2.24) is 15.1 Å². The fourth-order valence-electron chi connectivity index (χ4n) is 2.26. The maximum absolute atomic E-state index is 5.61. The molecule has 104 valence electrons. The Hall–Kier alpha value is -0.840. The van der Waals surface area contributed by atoms with E-state index < -0.39 is 0 Å². The quantitative estimate of drug-likeness (QED) is 0.765. The predicted octanol–water partition coefficient (Wildman–Crippen LogP) is 1.77. The van der Waals surface area contributed by atoms with Gasteiger partial charge >= 0.3 is 0 Å². The van der Waals surface area contributed by atoms with Gasteiger partial charge in [-0.15, -0.1) is 0 Å². The van der Waals surface area contributed by atoms with Crippen LogP contribution >= 0.6 is 0 Å². The smallest absolute Gasteiger partial charge is 0.122 e. The van der Waals surface area contributed by atoms with Crippen LogP contribution in [0.15, 0.2) is 16.7 Å². The van der Waals surface area contributed by atoms with Crippen LogP contribution < -0.4 is 5.32 Å². The van der Waals surface area contributed by atoms with E-state index in [1.165, 1.54) is 5.56 Å². The fourth-order valence-corrected chi connectivity index (χ4v) is 2.26. The molecule has 1 heterocycles. The molecule has 0 saturated heterocycles. The van der Waals surface area contributed by atoms with Crippen molar-refractivity contribution in [1.29, 1.82) is 0 Å². The molecule has 0 fully saturated rings. The lowest BCUT2D eigenvalue weighted by Gasteiger charge is -2.29. The molecule has 0 amide bonds. The lowest BCUT2D eigenvalue weighted by atomic mass is 10.2. The molecule has 0 aromatic carbocycles. The second kappa shape index (κ2) is 7.56. The van der Waals surface area contributed by atoms with E-state index in [1.807, 2.05) is 7.05 Å². The Morgan fingerprint density at radius 2 is 2.11 bits per heavy atom. The molecular formula is C14H27N3O. The van der Waals surface area contributed by atoms with Gasteiger partial charge in [-0.1, -0.05) is 6.92 Å². The minimum Gasteiger partial charge on any atom is -0.468 e. The molecule has 1 rings (SSSR count). The molecule has 1 atom stereocenters. The Morgan fingerprint density at radius 3 is 2.67 bits per heavy atom. The average Bonchev–Trinajstić information content (AvgIpc) is 2.72. The summed E-state index contributed by atoms with van der Waals surface area (Å²) in [6, 6.07) is 2.58. The monoisotopic (exact) mass is 253 g/mol. The first-order valence-corrected chi connectivity index (χ1v) is 6.67. The molecule has 0 saturated carbocycles. The lowest BCUT2D eigenvalue weighted by molar-refractivity contribution is 0.162. The third-order valence-corrected chi connectivity index (χ3v) is 3.21. The molecule has 0 radical (unpaired) electrons. The molecule has 0 bridgehead atoms. The van der Waals surface area contributed by atoms with Crippen molar-refractivity contribution >= 4 is 0 Å². The number of hydrogen-bond donors (Lipinski definition) is 1. The lowest BCUT2D eigenvalue weighted by Crippen LogP contribution is -2.39. The molecule has 1 N–H and O–H groups in total. The van der Waals surface area contributed by atoms with Crippen molar-refractivity contribution in [3.63, 3.8) is 0 Å². The van der Waals surface area contributed by atoms with Crippen LogP contribution in [-0.2, 0) is 13.1 Å². The highest BCUT2D eigenvalue weighted by atomic mass is 16.3. The first-order chi connectivity index (χ1) is 8.58. The standard InChI is InChI=1S/C14H27N3O/c1-6-17(12(2)10-16(4)5)11-14-13(9-15-3)7-8-18-14/h7-8,12,15H,6,9-11H2,1-5H3. The summed E-state index contributed by atoms with van der Waals surface area (Å²) in [4.78, 5) is 4.67. The third-order valence-electron chi connectivity index (χ3n) is 3.21. The zero-order valence-electron chi connectivity index (χ0n) is 12.4. The fraction of sp³-hybridized carbons (Fsp3) is 0.714. The molecule has 0 aliphatic heterocycles. The zero-order valence-corrected chi connectivity index (χ0v) is 12.4. The topological polar surface area (TPSA) is 31.7 Å². The van der Waals surface area contributed by atoms with Gasteiger partial charge in [0, 0.05) is 24.7 Å². The zero-order chi connectivity index (χ0) is 13.5. The van der Waals surface area contributed by atoms with Crippen molar-refractivity contribution in [2.24, 2.45) is 0 Å². The Bertz CT molecular complexity index is 336. The summed E-state index contributed by atoms with van der Waals surface area (Å²) in [7, 11) is 6.19. The number of hydrogen-bond acceptors (Lipinski definition) is 4. The van der Waals surface area contributed by atoms with E-state index in [2.05, 4.69) is 49.1 Å². The normalized spacial score (nSPS) is 13.5. The minimum absolute atomic E-state index is 0.525. The SMILES string of the molecule is CCN(Cc1occc1CNC)C(C)CN(C)C. The predicted molar refractivity (Wildman–Crippen MR) is 75.6 cm³/mol. The first-order valence-electron chi connectivity index (χ1n) is 6.67. The van der Waals surface area contributed by atoms with Gasteiger partial charge in [-0.05, 0) is 40.7 Å². The van der Waals surface area contributed by atoms with Gasteiger partial charge in [0.2, 0.25) is 0 Å². The number of nitrogens with one attached hydrogen (secondary N) is 1. The summed E-state index contributed by atoms with van der Waals surface area (Å²) in [6.45, 7) is 8.32. The summed E-state index contributed by atoms with van der Waals surface area (Å²) in [5.74, 6) is 1.08. The van der Waals surface area contributed by atoms with Gasteiger partial charge in [0.05, 0.1) is 12.8 Å². The number of rotatable bonds is 8. The van der Waals surface area contributed by atoms with Crippen LogP contribution in [0.25, 0.3) is 0 Å². The van der Waals surface area contributed by atoms with Gasteiger partial charge in [-0.3, -0.25) is 4.90 Å². The maximum atomic E-state index is 5.61. The third kappa shape index (κ3) is 4.44. The van der Waals surface area contributed by atoms with Crippen LogP contribution in [0.2, 0.25) is 0 Å². The van der Waals surface area contributed by atoms with Gasteiger partial charge in [0.1, 0.15) is 5.76 Å². The molecule has 1 unspecified atom stereocenters. The molecule has 18 heavy (non-hydrogen) atoms. The maximum Gasteiger partial charge on any atom is 0.122 e. The minimum atomic E-state index is 0.525. The van der Waals surface area contributed by atoms with E-state index in [0.717, 1.165) is 31.9 Å². The van der Waals surface area contributed by atoms with Gasteiger partial charge < -0.3 is 14.6 Å². The number of likely N-dealkylation sites (N-methyl/N-ethyl adjacent to an activating group) is 2. The van der Waals surface area contributed by atoms with Crippen molar-refractivity contribution in [2.45, 2.75) is 33.0 Å². The molecule has 1 aromatic heterocycles. The highest BCUT2D eigenvalue weighted by Gasteiger charge is 2.16. The highest BCUT2D eigenvalue weighted by molar-refractivity contribution is 5.16. The van der Waals surface area contributed by atoms with Gasteiger partial charge in [-0.25, -0.2) is 0 Å². The van der Waals surface area contributed by atoms with E-state index >= 15 is 0 Å². The number of furan rings is 1. The molecule has 1 aromatic rings. The van der Waals surface area contributed by atoms with Crippen LogP contribution in [0, 0.1) is 0 Å². The Balaban J connectivity index is 2.64. The molecular weight excluding hydrogens is 226 g/mol. The van der Waals surface area contributed by atoms with Gasteiger partial charge in [0.15, 0.2) is 0 Å². The van der Waals surface area contributed by atoms with Gasteiger partial charge in [0.25, 0.3) is 0 Å². The highest BCUT2D eigenvalue weighted by Crippen LogP contribution is 2.15. The molecule has 0 spiro atoms. The second-order valence-corrected chi connectivity index (χ2v) is 5.07. The van der Waals surface area contributed by atoms with E-state index in [1.54, 1.807) is 6.26 Å². The average molecular weight is 253 g/mol. The molecule has 0 aliphatic carbocycles. The van der Waals surface area contributed by atoms with Crippen LogP contribution in [0.4, 0.5) is 0 Å². The van der Waals surface area contributed by atoms with Crippen LogP contribution in [0.5, 0.6) is 0 Å². The summed E-state index contributed by atoms with van der Waals surface area (Å²) in [5, 5.41) is 3.18. The number of nitrogens with zero attached hydrogens (tertiary/aromatic N) is 2. The largest absolute Gasteiger partial charge is 0.468 e. The summed E-state index contributed by atoms with van der Waals surface area (Å²) in [6.07, 6.45) is 1.78. The Morgan fingerprint density at radius 1 is 1.39 bits per heavy atom.